The summed E-state index contributed by atoms with van der Waals surface area (Å²) in [5.74, 6) is 0. The number of aromatic nitrogens is 1. The first-order chi connectivity index (χ1) is 9.33. The fraction of sp³-hybridized carbons (Fsp3) is 0.533. The molecule has 1 aromatic heterocycles. The normalized spacial score (nSPS) is 12.9. The van der Waals surface area contributed by atoms with Crippen LogP contribution in [0.2, 0.25) is 0 Å². The number of rotatable bonds is 8. The molecule has 0 amide bonds. The number of benzene rings is 1. The van der Waals surface area contributed by atoms with Crippen LogP contribution < -0.4 is 5.32 Å². The molecule has 0 bridgehead atoms. The van der Waals surface area contributed by atoms with Crippen molar-refractivity contribution in [3.63, 3.8) is 0 Å². The molecule has 1 aromatic carbocycles. The Hall–Kier alpha value is -0.970. The zero-order chi connectivity index (χ0) is 13.5. The molecular weight excluding hydrogens is 256 g/mol. The zero-order valence-electron chi connectivity index (χ0n) is 11.7. The summed E-state index contributed by atoms with van der Waals surface area (Å²) in [5, 5.41) is 4.75. The minimum atomic E-state index is 0.428. The lowest BCUT2D eigenvalue weighted by Gasteiger charge is -2.16. The van der Waals surface area contributed by atoms with E-state index in [0.717, 1.165) is 37.9 Å². The van der Waals surface area contributed by atoms with E-state index in [9.17, 15) is 0 Å². The number of methoxy groups -OCH3 is 1. The van der Waals surface area contributed by atoms with E-state index in [2.05, 4.69) is 35.4 Å². The molecule has 0 saturated heterocycles. The van der Waals surface area contributed by atoms with Crippen LogP contribution in [0.3, 0.4) is 0 Å². The molecule has 0 spiro atoms. The third kappa shape index (κ3) is 4.27. The van der Waals surface area contributed by atoms with Crippen LogP contribution in [0.5, 0.6) is 0 Å². The van der Waals surface area contributed by atoms with Gasteiger partial charge in [0.15, 0.2) is 0 Å². The van der Waals surface area contributed by atoms with E-state index in [-0.39, 0.29) is 0 Å². The first-order valence-corrected chi connectivity index (χ1v) is 7.72. The molecular formula is C15H22N2OS. The first kappa shape index (κ1) is 14.4. The summed E-state index contributed by atoms with van der Waals surface area (Å²) in [4.78, 5) is 4.68. The maximum absolute atomic E-state index is 5.27. The predicted octanol–water partition coefficient (Wildman–Crippen LogP) is 3.24. The highest BCUT2D eigenvalue weighted by Crippen LogP contribution is 2.22. The Balaban J connectivity index is 1.91. The van der Waals surface area contributed by atoms with Crippen molar-refractivity contribution >= 4 is 21.6 Å². The summed E-state index contributed by atoms with van der Waals surface area (Å²) in [6, 6.07) is 8.76. The SMILES string of the molecule is CCCNC(CCc1nc2ccccc2s1)COC. The molecule has 1 atom stereocenters. The van der Waals surface area contributed by atoms with Crippen LogP contribution in [0.25, 0.3) is 10.2 Å². The van der Waals surface area contributed by atoms with Crippen LogP contribution in [0, 0.1) is 0 Å². The van der Waals surface area contributed by atoms with Gasteiger partial charge in [-0.05, 0) is 31.5 Å². The summed E-state index contributed by atoms with van der Waals surface area (Å²) in [6.45, 7) is 4.00. The van der Waals surface area contributed by atoms with Gasteiger partial charge in [-0.2, -0.15) is 0 Å². The molecule has 1 heterocycles. The number of nitrogens with zero attached hydrogens (tertiary/aromatic N) is 1. The molecule has 4 heteroatoms. The lowest BCUT2D eigenvalue weighted by molar-refractivity contribution is 0.162. The van der Waals surface area contributed by atoms with Crippen molar-refractivity contribution in [3.05, 3.63) is 29.3 Å². The van der Waals surface area contributed by atoms with E-state index in [4.69, 9.17) is 4.74 Å². The number of ether oxygens (including phenoxy) is 1. The summed E-state index contributed by atoms with van der Waals surface area (Å²) >= 11 is 1.80. The number of hydrogen-bond donors (Lipinski definition) is 1. The van der Waals surface area contributed by atoms with Crippen molar-refractivity contribution < 1.29 is 4.74 Å². The molecule has 0 fully saturated rings. The van der Waals surface area contributed by atoms with Gasteiger partial charge in [-0.15, -0.1) is 11.3 Å². The van der Waals surface area contributed by atoms with E-state index in [1.54, 1.807) is 18.4 Å². The van der Waals surface area contributed by atoms with Crippen molar-refractivity contribution in [2.45, 2.75) is 32.2 Å². The molecule has 1 N–H and O–H groups in total. The second-order valence-corrected chi connectivity index (χ2v) is 5.84. The Morgan fingerprint density at radius 2 is 2.21 bits per heavy atom. The zero-order valence-corrected chi connectivity index (χ0v) is 12.5. The first-order valence-electron chi connectivity index (χ1n) is 6.90. The van der Waals surface area contributed by atoms with Gasteiger partial charge in [0.2, 0.25) is 0 Å². The van der Waals surface area contributed by atoms with Crippen LogP contribution in [0.15, 0.2) is 24.3 Å². The number of fused-ring (bicyclic) bond motifs is 1. The van der Waals surface area contributed by atoms with E-state index >= 15 is 0 Å². The highest BCUT2D eigenvalue weighted by molar-refractivity contribution is 7.18. The summed E-state index contributed by atoms with van der Waals surface area (Å²) in [6.07, 6.45) is 3.25. The van der Waals surface area contributed by atoms with E-state index in [0.29, 0.717) is 6.04 Å². The molecule has 19 heavy (non-hydrogen) atoms. The van der Waals surface area contributed by atoms with Crippen LogP contribution in [0.4, 0.5) is 0 Å². The average molecular weight is 278 g/mol. The van der Waals surface area contributed by atoms with Gasteiger partial charge < -0.3 is 10.1 Å². The monoisotopic (exact) mass is 278 g/mol. The lowest BCUT2D eigenvalue weighted by Crippen LogP contribution is -2.34. The molecule has 3 nitrogen and oxygen atoms in total. The quantitative estimate of drug-likeness (QED) is 0.805. The van der Waals surface area contributed by atoms with Gasteiger partial charge in [0.25, 0.3) is 0 Å². The Morgan fingerprint density at radius 1 is 1.37 bits per heavy atom. The van der Waals surface area contributed by atoms with E-state index < -0.39 is 0 Å². The number of hydrogen-bond acceptors (Lipinski definition) is 4. The van der Waals surface area contributed by atoms with Gasteiger partial charge in [0.05, 0.1) is 21.8 Å². The molecule has 0 saturated carbocycles. The number of thiazole rings is 1. The lowest BCUT2D eigenvalue weighted by atomic mass is 10.1. The van der Waals surface area contributed by atoms with Crippen molar-refractivity contribution in [2.24, 2.45) is 0 Å². The van der Waals surface area contributed by atoms with Crippen LogP contribution >= 0.6 is 11.3 Å². The molecule has 104 valence electrons. The van der Waals surface area contributed by atoms with Gasteiger partial charge in [-0.1, -0.05) is 19.1 Å². The fourth-order valence-electron chi connectivity index (χ4n) is 2.12. The topological polar surface area (TPSA) is 34.2 Å². The average Bonchev–Trinajstić information content (AvgIpc) is 2.84. The molecule has 0 aliphatic carbocycles. The van der Waals surface area contributed by atoms with Gasteiger partial charge in [0.1, 0.15) is 0 Å². The molecule has 0 aliphatic heterocycles. The highest BCUT2D eigenvalue weighted by atomic mass is 32.1. The molecule has 1 unspecified atom stereocenters. The predicted molar refractivity (Wildman–Crippen MR) is 81.9 cm³/mol. The minimum absolute atomic E-state index is 0.428. The summed E-state index contributed by atoms with van der Waals surface area (Å²) < 4.78 is 6.55. The van der Waals surface area contributed by atoms with Crippen LogP contribution in [0.1, 0.15) is 24.8 Å². The third-order valence-corrected chi connectivity index (χ3v) is 4.19. The fourth-order valence-corrected chi connectivity index (χ4v) is 3.10. The van der Waals surface area contributed by atoms with Gasteiger partial charge in [-0.25, -0.2) is 4.98 Å². The maximum atomic E-state index is 5.27. The van der Waals surface area contributed by atoms with Crippen molar-refractivity contribution in [1.29, 1.82) is 0 Å². The molecule has 2 rings (SSSR count). The molecule has 2 aromatic rings. The van der Waals surface area contributed by atoms with E-state index in [1.807, 2.05) is 6.07 Å². The maximum Gasteiger partial charge on any atom is 0.0939 e. The van der Waals surface area contributed by atoms with Gasteiger partial charge >= 0.3 is 0 Å². The number of nitrogens with one attached hydrogen (secondary N) is 1. The summed E-state index contributed by atoms with van der Waals surface area (Å²) in [5.41, 5.74) is 1.12. The minimum Gasteiger partial charge on any atom is -0.383 e. The standard InChI is InChI=1S/C15H22N2OS/c1-3-10-16-12(11-18-2)8-9-15-17-13-6-4-5-7-14(13)19-15/h4-7,12,16H,3,8-11H2,1-2H3. The summed E-state index contributed by atoms with van der Waals surface area (Å²) in [7, 11) is 1.76. The van der Waals surface area contributed by atoms with Crippen LogP contribution in [-0.4, -0.2) is 31.3 Å². The Labute approximate surface area is 119 Å². The second-order valence-electron chi connectivity index (χ2n) is 4.72. The van der Waals surface area contributed by atoms with E-state index in [1.165, 1.54) is 9.71 Å². The van der Waals surface area contributed by atoms with Crippen LogP contribution in [-0.2, 0) is 11.2 Å². The van der Waals surface area contributed by atoms with Crippen molar-refractivity contribution in [3.8, 4) is 0 Å². The highest BCUT2D eigenvalue weighted by Gasteiger charge is 2.09. The third-order valence-electron chi connectivity index (χ3n) is 3.10. The second kappa shape index (κ2) is 7.58. The van der Waals surface area contributed by atoms with Crippen molar-refractivity contribution in [2.75, 3.05) is 20.3 Å². The molecule has 0 aliphatic rings. The number of aryl methyl sites for hydroxylation is 1. The molecule has 0 radical (unpaired) electrons. The smallest absolute Gasteiger partial charge is 0.0939 e. The number of para-hydroxylation sites is 1. The Morgan fingerprint density at radius 3 is 2.95 bits per heavy atom. The Kier molecular flexibility index (Phi) is 5.76. The largest absolute Gasteiger partial charge is 0.383 e. The Bertz CT molecular complexity index is 465. The van der Waals surface area contributed by atoms with Gasteiger partial charge in [0, 0.05) is 19.6 Å². The van der Waals surface area contributed by atoms with Gasteiger partial charge in [-0.3, -0.25) is 0 Å². The van der Waals surface area contributed by atoms with Crippen molar-refractivity contribution in [1.82, 2.24) is 10.3 Å².